The van der Waals surface area contributed by atoms with Gasteiger partial charge in [-0.3, -0.25) is 9.59 Å². The standard InChI is InChI=1S/C28H50N4O4S/c1-4-17-36-27(35)31-24(28(2,3)37-19-21-9-6-5-7-10-21)26(34)32-16-8-11-23(32)25(33)30-18-20-12-14-22(29)15-13-20/h20-24H,4-19,29H2,1-3H3,(H,30,33)(H,31,35)/t20?,22?,23-,24-/m0/s1. The number of amides is 3. The number of nitrogens with zero attached hydrogens (tertiary/aromatic N) is 1. The van der Waals surface area contributed by atoms with E-state index in [4.69, 9.17) is 10.5 Å². The number of carbonyl (C=O) groups excluding carboxylic acids is 3. The summed E-state index contributed by atoms with van der Waals surface area (Å²) in [5.41, 5.74) is 6.02. The molecule has 0 spiro atoms. The Morgan fingerprint density at radius 3 is 2.38 bits per heavy atom. The lowest BCUT2D eigenvalue weighted by Gasteiger charge is -2.38. The van der Waals surface area contributed by atoms with Crippen molar-refractivity contribution in [3.05, 3.63) is 0 Å². The minimum Gasteiger partial charge on any atom is -0.450 e. The van der Waals surface area contributed by atoms with Gasteiger partial charge in [-0.1, -0.05) is 26.2 Å². The van der Waals surface area contributed by atoms with Gasteiger partial charge in [0.1, 0.15) is 12.1 Å². The molecule has 1 saturated heterocycles. The van der Waals surface area contributed by atoms with Crippen molar-refractivity contribution in [2.24, 2.45) is 17.6 Å². The molecule has 37 heavy (non-hydrogen) atoms. The van der Waals surface area contributed by atoms with Gasteiger partial charge in [0.2, 0.25) is 11.8 Å². The van der Waals surface area contributed by atoms with Gasteiger partial charge >= 0.3 is 6.09 Å². The zero-order chi connectivity index (χ0) is 26.8. The summed E-state index contributed by atoms with van der Waals surface area (Å²) in [6, 6.07) is -0.977. The van der Waals surface area contributed by atoms with Crippen LogP contribution in [-0.2, 0) is 14.3 Å². The molecule has 1 aliphatic heterocycles. The largest absolute Gasteiger partial charge is 0.450 e. The van der Waals surface area contributed by atoms with E-state index in [0.29, 0.717) is 44.4 Å². The number of carbonyl (C=O) groups is 3. The summed E-state index contributed by atoms with van der Waals surface area (Å²) in [4.78, 5) is 41.4. The number of hydrogen-bond acceptors (Lipinski definition) is 6. The fourth-order valence-corrected chi connectivity index (χ4v) is 7.21. The van der Waals surface area contributed by atoms with Crippen molar-refractivity contribution in [1.82, 2.24) is 15.5 Å². The highest BCUT2D eigenvalue weighted by atomic mass is 32.2. The van der Waals surface area contributed by atoms with Crippen LogP contribution in [0, 0.1) is 11.8 Å². The Hall–Kier alpha value is -1.48. The zero-order valence-corrected chi connectivity index (χ0v) is 24.1. The molecule has 0 aromatic carbocycles. The normalized spacial score (nSPS) is 25.9. The molecule has 9 heteroatoms. The van der Waals surface area contributed by atoms with Crippen molar-refractivity contribution in [3.8, 4) is 0 Å². The Labute approximate surface area is 227 Å². The molecule has 1 heterocycles. The number of rotatable bonds is 11. The average Bonchev–Trinajstić information content (AvgIpc) is 3.39. The first-order valence-electron chi connectivity index (χ1n) is 14.6. The molecule has 3 rings (SSSR count). The summed E-state index contributed by atoms with van der Waals surface area (Å²) in [7, 11) is 0. The highest BCUT2D eigenvalue weighted by Crippen LogP contribution is 2.36. The zero-order valence-electron chi connectivity index (χ0n) is 23.3. The summed E-state index contributed by atoms with van der Waals surface area (Å²) in [6.07, 6.45) is 12.0. The number of nitrogens with two attached hydrogens (primary N) is 1. The second kappa shape index (κ2) is 14.6. The van der Waals surface area contributed by atoms with Crippen LogP contribution in [0.1, 0.15) is 97.8 Å². The van der Waals surface area contributed by atoms with E-state index in [1.165, 1.54) is 32.1 Å². The molecule has 0 aromatic heterocycles. The van der Waals surface area contributed by atoms with E-state index in [9.17, 15) is 14.4 Å². The third kappa shape index (κ3) is 9.05. The van der Waals surface area contributed by atoms with Crippen molar-refractivity contribution >= 4 is 29.7 Å². The average molecular weight is 539 g/mol. The van der Waals surface area contributed by atoms with Gasteiger partial charge in [-0.2, -0.15) is 11.8 Å². The first-order valence-corrected chi connectivity index (χ1v) is 15.6. The molecule has 0 aromatic rings. The predicted octanol–water partition coefficient (Wildman–Crippen LogP) is 4.21. The molecule has 8 nitrogen and oxygen atoms in total. The van der Waals surface area contributed by atoms with Gasteiger partial charge < -0.3 is 26.0 Å². The molecule has 4 N–H and O–H groups in total. The number of likely N-dealkylation sites (tertiary alicyclic amines) is 1. The summed E-state index contributed by atoms with van der Waals surface area (Å²) in [6.45, 7) is 7.47. The van der Waals surface area contributed by atoms with Crippen molar-refractivity contribution in [2.45, 2.75) is 121 Å². The molecular weight excluding hydrogens is 488 g/mol. The minimum atomic E-state index is -0.765. The molecule has 2 atom stereocenters. The van der Waals surface area contributed by atoms with Crippen LogP contribution in [0.4, 0.5) is 4.79 Å². The van der Waals surface area contributed by atoms with Crippen molar-refractivity contribution in [2.75, 3.05) is 25.4 Å². The number of nitrogens with one attached hydrogen (secondary N) is 2. The maximum atomic E-state index is 14.0. The first kappa shape index (κ1) is 30.1. The lowest BCUT2D eigenvalue weighted by molar-refractivity contribution is -0.140. The third-order valence-corrected chi connectivity index (χ3v) is 9.97. The second-order valence-electron chi connectivity index (χ2n) is 11.8. The van der Waals surface area contributed by atoms with E-state index in [1.807, 2.05) is 20.8 Å². The molecular formula is C28H50N4O4S. The van der Waals surface area contributed by atoms with Crippen LogP contribution in [0.25, 0.3) is 0 Å². The molecule has 0 radical (unpaired) electrons. The summed E-state index contributed by atoms with van der Waals surface area (Å²) < 4.78 is 4.76. The van der Waals surface area contributed by atoms with E-state index >= 15 is 0 Å². The molecule has 212 valence electrons. The number of thioether (sulfide) groups is 1. The summed E-state index contributed by atoms with van der Waals surface area (Å²) in [5.74, 6) is 1.81. The van der Waals surface area contributed by atoms with Gasteiger partial charge in [0.25, 0.3) is 0 Å². The molecule has 3 aliphatic rings. The van der Waals surface area contributed by atoms with Gasteiger partial charge in [0.15, 0.2) is 0 Å². The number of alkyl carbamates (subject to hydrolysis) is 1. The Morgan fingerprint density at radius 2 is 1.70 bits per heavy atom. The lowest BCUT2D eigenvalue weighted by Crippen LogP contribution is -2.60. The van der Waals surface area contributed by atoms with Gasteiger partial charge in [-0.25, -0.2) is 4.79 Å². The van der Waals surface area contributed by atoms with Crippen LogP contribution < -0.4 is 16.4 Å². The molecule has 0 bridgehead atoms. The van der Waals surface area contributed by atoms with Crippen LogP contribution in [0.5, 0.6) is 0 Å². The van der Waals surface area contributed by atoms with Gasteiger partial charge in [0.05, 0.1) is 6.61 Å². The quantitative estimate of drug-likeness (QED) is 0.363. The van der Waals surface area contributed by atoms with Crippen molar-refractivity contribution < 1.29 is 19.1 Å². The van der Waals surface area contributed by atoms with Crippen molar-refractivity contribution in [1.29, 1.82) is 0 Å². The van der Waals surface area contributed by atoms with E-state index in [-0.39, 0.29) is 17.9 Å². The van der Waals surface area contributed by atoms with E-state index in [2.05, 4.69) is 10.6 Å². The Balaban J connectivity index is 1.65. The monoisotopic (exact) mass is 538 g/mol. The van der Waals surface area contributed by atoms with Crippen LogP contribution in [0.2, 0.25) is 0 Å². The maximum Gasteiger partial charge on any atom is 0.407 e. The lowest BCUT2D eigenvalue weighted by atomic mass is 9.86. The van der Waals surface area contributed by atoms with Crippen LogP contribution in [0.15, 0.2) is 0 Å². The molecule has 3 fully saturated rings. The van der Waals surface area contributed by atoms with Crippen LogP contribution >= 0.6 is 11.8 Å². The second-order valence-corrected chi connectivity index (χ2v) is 13.5. The van der Waals surface area contributed by atoms with Gasteiger partial charge in [-0.15, -0.1) is 0 Å². The van der Waals surface area contributed by atoms with Crippen molar-refractivity contribution in [3.63, 3.8) is 0 Å². The third-order valence-electron chi connectivity index (χ3n) is 8.35. The highest BCUT2D eigenvalue weighted by molar-refractivity contribution is 8.00. The Kier molecular flexibility index (Phi) is 11.9. The molecule has 0 unspecified atom stereocenters. The Bertz CT molecular complexity index is 750. The molecule has 2 saturated carbocycles. The van der Waals surface area contributed by atoms with E-state index in [1.54, 1.807) is 16.7 Å². The smallest absolute Gasteiger partial charge is 0.407 e. The minimum absolute atomic E-state index is 0.0827. The fraction of sp³-hybridized carbons (Fsp3) is 0.893. The summed E-state index contributed by atoms with van der Waals surface area (Å²) >= 11 is 1.76. The van der Waals surface area contributed by atoms with E-state index < -0.39 is 22.9 Å². The first-order chi connectivity index (χ1) is 17.7. The number of hydrogen-bond donors (Lipinski definition) is 3. The van der Waals surface area contributed by atoms with E-state index in [0.717, 1.165) is 37.9 Å². The highest BCUT2D eigenvalue weighted by Gasteiger charge is 2.44. The van der Waals surface area contributed by atoms with Crippen LogP contribution in [-0.4, -0.2) is 71.1 Å². The number of ether oxygens (including phenoxy) is 1. The molecule has 2 aliphatic carbocycles. The van der Waals surface area contributed by atoms with Gasteiger partial charge in [0, 0.05) is 23.9 Å². The predicted molar refractivity (Wildman–Crippen MR) is 149 cm³/mol. The van der Waals surface area contributed by atoms with Crippen LogP contribution in [0.3, 0.4) is 0 Å². The maximum absolute atomic E-state index is 14.0. The van der Waals surface area contributed by atoms with Gasteiger partial charge in [-0.05, 0) is 89.2 Å². The SMILES string of the molecule is CCCOC(=O)N[C@@H](C(=O)N1CCC[C@H]1C(=O)NCC1CCC(N)CC1)C(C)(C)SCC1CCCCC1. The Morgan fingerprint density at radius 1 is 1.00 bits per heavy atom. The summed E-state index contributed by atoms with van der Waals surface area (Å²) in [5, 5.41) is 6.00. The molecule has 3 amide bonds. The topological polar surface area (TPSA) is 114 Å². The fourth-order valence-electron chi connectivity index (χ4n) is 5.88.